The van der Waals surface area contributed by atoms with Crippen LogP contribution < -0.4 is 25.6 Å². The number of aromatic nitrogens is 4. The summed E-state index contributed by atoms with van der Waals surface area (Å²) in [4.78, 5) is 32.8. The van der Waals surface area contributed by atoms with Gasteiger partial charge < -0.3 is 18.9 Å². The second kappa shape index (κ2) is 7.55. The van der Waals surface area contributed by atoms with E-state index < -0.39 is 0 Å². The number of imidazole rings is 1. The molecule has 1 aliphatic heterocycles. The van der Waals surface area contributed by atoms with Gasteiger partial charge in [0.1, 0.15) is 11.5 Å². The van der Waals surface area contributed by atoms with Crippen molar-refractivity contribution >= 4 is 22.8 Å². The fraction of sp³-hybridized carbons (Fsp3) is 0.476. The molecule has 0 amide bonds. The topological polar surface area (TPSA) is 83.5 Å². The van der Waals surface area contributed by atoms with E-state index in [1.165, 1.54) is 9.13 Å². The van der Waals surface area contributed by atoms with E-state index in [-0.39, 0.29) is 17.2 Å². The predicted molar refractivity (Wildman–Crippen MR) is 115 cm³/mol. The van der Waals surface area contributed by atoms with E-state index in [2.05, 4.69) is 0 Å². The lowest BCUT2D eigenvalue weighted by molar-refractivity contribution is 0.403. The normalized spacial score (nSPS) is 13.7. The largest absolute Gasteiger partial charge is 0.497 e. The lowest BCUT2D eigenvalue weighted by Crippen LogP contribution is -2.40. The number of fused-ring (bicyclic) bond motifs is 3. The van der Waals surface area contributed by atoms with Crippen molar-refractivity contribution in [3.8, 4) is 11.5 Å². The third kappa shape index (κ3) is 3.05. The van der Waals surface area contributed by atoms with Gasteiger partial charge in [0.05, 0.1) is 19.9 Å². The molecule has 0 fully saturated rings. The van der Waals surface area contributed by atoms with Crippen LogP contribution in [-0.4, -0.2) is 39.4 Å². The van der Waals surface area contributed by atoms with Gasteiger partial charge >= 0.3 is 5.69 Å². The van der Waals surface area contributed by atoms with Gasteiger partial charge in [-0.3, -0.25) is 13.9 Å². The summed E-state index contributed by atoms with van der Waals surface area (Å²) in [5.41, 5.74) is 1.02. The van der Waals surface area contributed by atoms with Crippen LogP contribution in [0.5, 0.6) is 11.5 Å². The SMILES string of the molecule is COc1ccc(OC)c(N2CCCn3c2nc2c3c(=O)n(CC(C)C)c(=O)n2C)c1. The average molecular weight is 413 g/mol. The second-order valence-electron chi connectivity index (χ2n) is 7.93. The van der Waals surface area contributed by atoms with Crippen LogP contribution in [0.1, 0.15) is 20.3 Å². The fourth-order valence-corrected chi connectivity index (χ4v) is 4.03. The number of ether oxygens (including phenoxy) is 2. The number of nitrogens with zero attached hydrogens (tertiary/aromatic N) is 5. The third-order valence-corrected chi connectivity index (χ3v) is 5.44. The minimum Gasteiger partial charge on any atom is -0.497 e. The molecule has 30 heavy (non-hydrogen) atoms. The quantitative estimate of drug-likeness (QED) is 0.637. The molecule has 9 heteroatoms. The Labute approximate surface area is 174 Å². The molecule has 0 saturated carbocycles. The van der Waals surface area contributed by atoms with Gasteiger partial charge in [-0.1, -0.05) is 13.8 Å². The molecule has 3 heterocycles. The summed E-state index contributed by atoms with van der Waals surface area (Å²) < 4.78 is 15.6. The molecule has 0 spiro atoms. The van der Waals surface area contributed by atoms with E-state index in [9.17, 15) is 9.59 Å². The number of anilines is 2. The van der Waals surface area contributed by atoms with E-state index in [1.807, 2.05) is 41.5 Å². The maximum Gasteiger partial charge on any atom is 0.332 e. The van der Waals surface area contributed by atoms with Crippen LogP contribution in [0.3, 0.4) is 0 Å². The van der Waals surface area contributed by atoms with Gasteiger partial charge in [-0.05, 0) is 24.5 Å². The van der Waals surface area contributed by atoms with Crippen molar-refractivity contribution in [1.29, 1.82) is 0 Å². The molecular formula is C21H27N5O4. The summed E-state index contributed by atoms with van der Waals surface area (Å²) in [6.45, 7) is 5.71. The maximum atomic E-state index is 13.3. The molecule has 0 bridgehead atoms. The van der Waals surface area contributed by atoms with Crippen LogP contribution in [0.2, 0.25) is 0 Å². The molecule has 0 saturated heterocycles. The lowest BCUT2D eigenvalue weighted by atomic mass is 10.2. The molecule has 0 N–H and O–H groups in total. The van der Waals surface area contributed by atoms with Crippen LogP contribution in [-0.2, 0) is 20.1 Å². The van der Waals surface area contributed by atoms with Gasteiger partial charge in [0.2, 0.25) is 5.95 Å². The van der Waals surface area contributed by atoms with Crippen molar-refractivity contribution in [1.82, 2.24) is 18.7 Å². The van der Waals surface area contributed by atoms with E-state index in [1.54, 1.807) is 21.3 Å². The Hall–Kier alpha value is -3.23. The smallest absolute Gasteiger partial charge is 0.332 e. The van der Waals surface area contributed by atoms with E-state index in [0.717, 1.165) is 12.1 Å². The molecule has 0 aliphatic carbocycles. The first-order chi connectivity index (χ1) is 14.4. The minimum absolute atomic E-state index is 0.175. The molecule has 0 atom stereocenters. The maximum absolute atomic E-state index is 13.3. The van der Waals surface area contributed by atoms with Gasteiger partial charge in [-0.15, -0.1) is 0 Å². The minimum atomic E-state index is -0.345. The van der Waals surface area contributed by atoms with Crippen molar-refractivity contribution in [2.75, 3.05) is 25.7 Å². The highest BCUT2D eigenvalue weighted by molar-refractivity contribution is 5.78. The van der Waals surface area contributed by atoms with E-state index in [0.29, 0.717) is 48.2 Å². The standard InChI is InChI=1S/C21H27N5O4/c1-13(2)12-26-19(27)17-18(23(3)21(26)28)22-20-24(9-6-10-25(17)20)15-11-14(29-4)7-8-16(15)30-5/h7-8,11,13H,6,9-10,12H2,1-5H3. The molecule has 9 nitrogen and oxygen atoms in total. The molecule has 0 unspecified atom stereocenters. The van der Waals surface area contributed by atoms with Gasteiger partial charge in [-0.2, -0.15) is 4.98 Å². The first-order valence-corrected chi connectivity index (χ1v) is 10.1. The average Bonchev–Trinajstić information content (AvgIpc) is 3.14. The summed E-state index contributed by atoms with van der Waals surface area (Å²) in [7, 11) is 4.90. The highest BCUT2D eigenvalue weighted by Gasteiger charge is 2.28. The molecule has 1 aliphatic rings. The first kappa shape index (κ1) is 20.1. The zero-order valence-corrected chi connectivity index (χ0v) is 18.0. The molecule has 4 rings (SSSR count). The summed E-state index contributed by atoms with van der Waals surface area (Å²) in [6, 6.07) is 5.58. The van der Waals surface area contributed by atoms with Gasteiger partial charge in [0, 0.05) is 32.7 Å². The van der Waals surface area contributed by atoms with Gasteiger partial charge in [0.15, 0.2) is 11.2 Å². The number of aryl methyl sites for hydroxylation is 2. The van der Waals surface area contributed by atoms with E-state index in [4.69, 9.17) is 14.5 Å². The Kier molecular flexibility index (Phi) is 5.05. The number of hydrogen-bond acceptors (Lipinski definition) is 6. The summed E-state index contributed by atoms with van der Waals surface area (Å²) in [5, 5.41) is 0. The van der Waals surface area contributed by atoms with Crippen LogP contribution >= 0.6 is 0 Å². The third-order valence-electron chi connectivity index (χ3n) is 5.44. The molecular weight excluding hydrogens is 386 g/mol. The number of methoxy groups -OCH3 is 2. The highest BCUT2D eigenvalue weighted by atomic mass is 16.5. The second-order valence-corrected chi connectivity index (χ2v) is 7.93. The predicted octanol–water partition coefficient (Wildman–Crippen LogP) is 2.11. The van der Waals surface area contributed by atoms with Crippen LogP contribution in [0.25, 0.3) is 11.2 Å². The van der Waals surface area contributed by atoms with Crippen LogP contribution in [0.4, 0.5) is 11.6 Å². The van der Waals surface area contributed by atoms with Crippen LogP contribution in [0, 0.1) is 5.92 Å². The Morgan fingerprint density at radius 1 is 1.13 bits per heavy atom. The Morgan fingerprint density at radius 3 is 2.57 bits per heavy atom. The molecule has 1 aromatic carbocycles. The number of hydrogen-bond donors (Lipinski definition) is 0. The van der Waals surface area contributed by atoms with Crippen molar-refractivity contribution in [2.45, 2.75) is 33.4 Å². The van der Waals surface area contributed by atoms with Crippen molar-refractivity contribution < 1.29 is 9.47 Å². The number of benzene rings is 1. The fourth-order valence-electron chi connectivity index (χ4n) is 4.03. The monoisotopic (exact) mass is 413 g/mol. The Morgan fingerprint density at radius 2 is 1.90 bits per heavy atom. The zero-order valence-electron chi connectivity index (χ0n) is 18.0. The van der Waals surface area contributed by atoms with Crippen molar-refractivity contribution in [3.63, 3.8) is 0 Å². The van der Waals surface area contributed by atoms with Gasteiger partial charge in [0.25, 0.3) is 5.56 Å². The highest BCUT2D eigenvalue weighted by Crippen LogP contribution is 2.38. The first-order valence-electron chi connectivity index (χ1n) is 10.1. The lowest BCUT2D eigenvalue weighted by Gasteiger charge is -2.30. The zero-order chi connectivity index (χ0) is 21.6. The number of rotatable bonds is 5. The summed E-state index contributed by atoms with van der Waals surface area (Å²) in [6.07, 6.45) is 0.825. The molecule has 3 aromatic rings. The van der Waals surface area contributed by atoms with Crippen LogP contribution in [0.15, 0.2) is 27.8 Å². The van der Waals surface area contributed by atoms with E-state index >= 15 is 0 Å². The van der Waals surface area contributed by atoms with Crippen molar-refractivity contribution in [3.05, 3.63) is 39.0 Å². The summed E-state index contributed by atoms with van der Waals surface area (Å²) >= 11 is 0. The summed E-state index contributed by atoms with van der Waals surface area (Å²) in [5.74, 6) is 2.18. The Bertz CT molecular complexity index is 1220. The van der Waals surface area contributed by atoms with Gasteiger partial charge in [-0.25, -0.2) is 4.79 Å². The van der Waals surface area contributed by atoms with Crippen molar-refractivity contribution in [2.24, 2.45) is 13.0 Å². The molecule has 0 radical (unpaired) electrons. The molecule has 2 aromatic heterocycles. The molecule has 160 valence electrons. The Balaban J connectivity index is 1.98.